The van der Waals surface area contributed by atoms with Crippen molar-refractivity contribution in [1.29, 1.82) is 0 Å². The number of rotatable bonds is 17. The number of fused-ring (bicyclic) bond motifs is 2. The molecule has 10 atom stereocenters. The van der Waals surface area contributed by atoms with Gasteiger partial charge in [0.05, 0.1) is 24.2 Å². The van der Waals surface area contributed by atoms with Crippen molar-refractivity contribution in [3.63, 3.8) is 0 Å². The number of nitrogens with one attached hydrogen (secondary N) is 8. The quantitative estimate of drug-likeness (QED) is 0.0891. The van der Waals surface area contributed by atoms with E-state index in [-0.39, 0.29) is 54.8 Å². The Kier molecular flexibility index (Phi) is 18.6. The Bertz CT molecular complexity index is 2590. The minimum absolute atomic E-state index is 0.0154. The first-order chi connectivity index (χ1) is 36.9. The monoisotopic (exact) mass is 1070 g/mol. The summed E-state index contributed by atoms with van der Waals surface area (Å²) in [6.07, 6.45) is 4.88. The summed E-state index contributed by atoms with van der Waals surface area (Å²) in [7, 11) is 3.27. The SMILES string of the molecule is CN[C@@H](C)C(=O)NC(C(=O)N1C[C@@H](NC(=O)c2cc(N=O)cc(C(=O)N[C@H]3C[C@@H](C(=O)N[C@@H]4CCCc5ccccc54)N(C(=O)[C@@H](NC(=O)[C@H](C)NC)C(C)(C)C)C3)c2)CC1C(=O)N[C@@H]1CCCc2ccccc21)C(C)(C)C. The number of carbonyl (C=O) groups excluding carboxylic acids is 8. The zero-order chi connectivity index (χ0) is 56.8. The van der Waals surface area contributed by atoms with Gasteiger partial charge in [0.1, 0.15) is 29.9 Å². The van der Waals surface area contributed by atoms with Gasteiger partial charge in [-0.15, -0.1) is 4.91 Å². The van der Waals surface area contributed by atoms with Crippen molar-refractivity contribution in [2.45, 2.75) is 167 Å². The van der Waals surface area contributed by atoms with Crippen molar-refractivity contribution >= 4 is 52.9 Å². The van der Waals surface area contributed by atoms with Crippen molar-refractivity contribution < 1.29 is 38.4 Å². The van der Waals surface area contributed by atoms with Crippen molar-refractivity contribution in [2.24, 2.45) is 16.0 Å². The van der Waals surface area contributed by atoms with Crippen LogP contribution in [0.1, 0.15) is 149 Å². The largest absolute Gasteiger partial charge is 0.347 e. The lowest BCUT2D eigenvalue weighted by atomic mass is 9.85. The first kappa shape index (κ1) is 58.6. The van der Waals surface area contributed by atoms with Gasteiger partial charge in [0.25, 0.3) is 11.8 Å². The minimum atomic E-state index is -1.05. The molecule has 0 saturated carbocycles. The first-order valence-electron chi connectivity index (χ1n) is 27.3. The van der Waals surface area contributed by atoms with Gasteiger partial charge in [-0.1, -0.05) is 90.1 Å². The average molecular weight is 1070 g/mol. The van der Waals surface area contributed by atoms with Crippen LogP contribution in [0, 0.1) is 15.7 Å². The Morgan fingerprint density at radius 3 is 1.31 bits per heavy atom. The molecule has 2 fully saturated rings. The Hall–Kier alpha value is -7.06. The standard InChI is InChI=1S/C58H79N11O9/c1-32(59-9)49(70)65-47(57(3,4)5)55(76)68-30-39(28-45(68)53(74)63-43-23-15-19-34-17-11-13-21-41(34)43)61-51(72)36-25-37(27-38(26-36)67-78)52(73)62-40-29-46(54(75)64-44-24-16-20-35-18-12-14-22-42(35)44)69(31-40)56(77)48(58(6,7)8)66-50(71)33(2)60-10/h11-14,17-18,21-22,25-27,32-33,39-40,43-48,59-60H,15-16,19-20,23-24,28-31H2,1-10H3,(H,61,72)(H,62,73)(H,63,74)(H,64,75)(H,65,70)(H,66,71)/t32-,33-,39-,40-,43+,44+,45-,46?,47+,48?/m0/s1. The Morgan fingerprint density at radius 2 is 0.949 bits per heavy atom. The zero-order valence-electron chi connectivity index (χ0n) is 46.7. The van der Waals surface area contributed by atoms with Crippen LogP contribution in [0.25, 0.3) is 0 Å². The highest BCUT2D eigenvalue weighted by Gasteiger charge is 2.48. The molecule has 8 N–H and O–H groups in total. The summed E-state index contributed by atoms with van der Waals surface area (Å²) < 4.78 is 0. The number of benzene rings is 3. The molecular weight excluding hydrogens is 995 g/mol. The van der Waals surface area contributed by atoms with E-state index < -0.39 is 106 Å². The lowest BCUT2D eigenvalue weighted by Gasteiger charge is -2.36. The Balaban J connectivity index is 1.12. The molecule has 0 aromatic heterocycles. The molecular formula is C58H79N11O9. The van der Waals surface area contributed by atoms with Crippen LogP contribution in [0.4, 0.5) is 5.69 Å². The van der Waals surface area contributed by atoms with Crippen molar-refractivity contribution in [1.82, 2.24) is 52.3 Å². The number of amides is 8. The van der Waals surface area contributed by atoms with Gasteiger partial charge in [-0.05, 0) is 136 Å². The van der Waals surface area contributed by atoms with Gasteiger partial charge in [0, 0.05) is 36.3 Å². The van der Waals surface area contributed by atoms with Crippen LogP contribution < -0.4 is 42.5 Å². The van der Waals surface area contributed by atoms with Crippen LogP contribution in [-0.4, -0.2) is 133 Å². The lowest BCUT2D eigenvalue weighted by molar-refractivity contribution is -0.144. The molecule has 0 spiro atoms. The van der Waals surface area contributed by atoms with Crippen LogP contribution >= 0.6 is 0 Å². The molecule has 2 saturated heterocycles. The topological polar surface area (TPSA) is 269 Å². The molecule has 7 rings (SSSR count). The molecule has 0 bridgehead atoms. The van der Waals surface area contributed by atoms with Gasteiger partial charge >= 0.3 is 0 Å². The lowest BCUT2D eigenvalue weighted by Crippen LogP contribution is -2.59. The van der Waals surface area contributed by atoms with E-state index in [1.165, 1.54) is 28.0 Å². The predicted molar refractivity (Wildman–Crippen MR) is 295 cm³/mol. The van der Waals surface area contributed by atoms with E-state index >= 15 is 0 Å². The Labute approximate surface area is 457 Å². The van der Waals surface area contributed by atoms with Crippen LogP contribution in [-0.2, 0) is 41.6 Å². The maximum atomic E-state index is 14.7. The van der Waals surface area contributed by atoms with Crippen molar-refractivity contribution in [3.05, 3.63) is 105 Å². The molecule has 2 unspecified atom stereocenters. The van der Waals surface area contributed by atoms with Gasteiger partial charge in [0.15, 0.2) is 0 Å². The summed E-state index contributed by atoms with van der Waals surface area (Å²) in [6.45, 7) is 14.0. The maximum Gasteiger partial charge on any atom is 0.251 e. The minimum Gasteiger partial charge on any atom is -0.347 e. The fourth-order valence-electron chi connectivity index (χ4n) is 11.1. The molecule has 2 aliphatic heterocycles. The molecule has 2 aliphatic carbocycles. The van der Waals surface area contributed by atoms with Gasteiger partial charge in [-0.25, -0.2) is 0 Å². The Morgan fingerprint density at radius 1 is 0.564 bits per heavy atom. The highest BCUT2D eigenvalue weighted by Crippen LogP contribution is 2.34. The number of carbonyl (C=O) groups is 8. The molecule has 420 valence electrons. The van der Waals surface area contributed by atoms with E-state index in [0.29, 0.717) is 12.8 Å². The summed E-state index contributed by atoms with van der Waals surface area (Å²) in [5.41, 5.74) is 2.26. The molecule has 2 heterocycles. The maximum absolute atomic E-state index is 14.7. The molecule has 8 amide bonds. The second-order valence-electron chi connectivity index (χ2n) is 23.6. The number of nitrogens with zero attached hydrogens (tertiary/aromatic N) is 3. The van der Waals surface area contributed by atoms with Crippen molar-refractivity contribution in [2.75, 3.05) is 27.2 Å². The van der Waals surface area contributed by atoms with Gasteiger partial charge in [-0.2, -0.15) is 0 Å². The summed E-state index contributed by atoms with van der Waals surface area (Å²) >= 11 is 0. The second-order valence-corrected chi connectivity index (χ2v) is 23.6. The molecule has 4 aliphatic rings. The molecule has 0 radical (unpaired) electrons. The van der Waals surface area contributed by atoms with E-state index in [2.05, 4.69) is 47.7 Å². The van der Waals surface area contributed by atoms with Crippen LogP contribution in [0.5, 0.6) is 0 Å². The van der Waals surface area contributed by atoms with Crippen LogP contribution in [0.3, 0.4) is 0 Å². The molecule has 20 nitrogen and oxygen atoms in total. The number of hydrogen-bond acceptors (Lipinski definition) is 12. The zero-order valence-corrected chi connectivity index (χ0v) is 46.7. The number of aryl methyl sites for hydroxylation is 2. The van der Waals surface area contributed by atoms with Gasteiger partial charge < -0.3 is 52.3 Å². The summed E-state index contributed by atoms with van der Waals surface area (Å²) in [6, 6.07) is 12.0. The smallest absolute Gasteiger partial charge is 0.251 e. The van der Waals surface area contributed by atoms with E-state index in [9.17, 15) is 43.3 Å². The third-order valence-electron chi connectivity index (χ3n) is 15.8. The van der Waals surface area contributed by atoms with E-state index in [4.69, 9.17) is 0 Å². The summed E-state index contributed by atoms with van der Waals surface area (Å²) in [5.74, 6) is -4.05. The highest BCUT2D eigenvalue weighted by molar-refractivity contribution is 6.02. The third-order valence-corrected chi connectivity index (χ3v) is 15.8. The molecule has 20 heteroatoms. The fraction of sp³-hybridized carbons (Fsp3) is 0.552. The van der Waals surface area contributed by atoms with E-state index in [0.717, 1.165) is 47.9 Å². The van der Waals surface area contributed by atoms with Gasteiger partial charge in [0.2, 0.25) is 35.4 Å². The molecule has 78 heavy (non-hydrogen) atoms. The van der Waals surface area contributed by atoms with Gasteiger partial charge in [-0.3, -0.25) is 38.4 Å². The average Bonchev–Trinajstić information content (AvgIpc) is 4.05. The van der Waals surface area contributed by atoms with Crippen molar-refractivity contribution in [3.8, 4) is 0 Å². The number of likely N-dealkylation sites (tertiary alicyclic amines) is 2. The first-order valence-corrected chi connectivity index (χ1v) is 27.3. The third kappa shape index (κ3) is 13.6. The normalized spacial score (nSPS) is 22.5. The fourth-order valence-corrected chi connectivity index (χ4v) is 11.1. The predicted octanol–water partition coefficient (Wildman–Crippen LogP) is 4.15. The summed E-state index contributed by atoms with van der Waals surface area (Å²) in [5, 5.41) is 26.9. The number of hydrogen-bond donors (Lipinski definition) is 8. The summed E-state index contributed by atoms with van der Waals surface area (Å²) in [4.78, 5) is 129. The second kappa shape index (κ2) is 24.7. The molecule has 3 aromatic rings. The number of likely N-dealkylation sites (N-methyl/N-ethyl adjacent to an activating group) is 2. The highest BCUT2D eigenvalue weighted by atomic mass is 16.3. The number of nitroso groups, excluding NO2 is 1. The van der Waals surface area contributed by atoms with E-state index in [1.807, 2.05) is 90.1 Å². The van der Waals surface area contributed by atoms with Crippen LogP contribution in [0.2, 0.25) is 0 Å². The molecule has 3 aromatic carbocycles. The van der Waals surface area contributed by atoms with E-state index in [1.54, 1.807) is 27.9 Å². The van der Waals surface area contributed by atoms with Crippen LogP contribution in [0.15, 0.2) is 71.9 Å².